The Labute approximate surface area is 150 Å². The Morgan fingerprint density at radius 3 is 2.04 bits per heavy atom. The third kappa shape index (κ3) is 3.79. The molecule has 2 aliphatic rings. The van der Waals surface area contributed by atoms with E-state index in [9.17, 15) is 26.0 Å². The molecule has 1 aromatic rings. The van der Waals surface area contributed by atoms with Gasteiger partial charge in [0.1, 0.15) is 0 Å². The SMILES string of the molecule is Cl.O=S(=O)(c1c(F)c(F)cc(F)c1F)N1CCC(C2CCCN2)CC1. The molecular formula is C15H19ClF4N2O2S. The van der Waals surface area contributed by atoms with Crippen molar-refractivity contribution >= 4 is 22.4 Å². The number of rotatable bonds is 3. The topological polar surface area (TPSA) is 49.4 Å². The van der Waals surface area contributed by atoms with Crippen molar-refractivity contribution in [3.05, 3.63) is 29.3 Å². The van der Waals surface area contributed by atoms with Crippen LogP contribution in [0.15, 0.2) is 11.0 Å². The number of nitrogens with one attached hydrogen (secondary N) is 1. The van der Waals surface area contributed by atoms with Crippen molar-refractivity contribution < 1.29 is 26.0 Å². The lowest BCUT2D eigenvalue weighted by Gasteiger charge is -2.34. The minimum atomic E-state index is -4.63. The van der Waals surface area contributed by atoms with Gasteiger partial charge in [0.2, 0.25) is 10.0 Å². The zero-order valence-electron chi connectivity index (χ0n) is 13.3. The number of piperidine rings is 1. The molecule has 1 unspecified atom stereocenters. The molecule has 2 aliphatic heterocycles. The van der Waals surface area contributed by atoms with E-state index in [-0.39, 0.29) is 37.5 Å². The predicted octanol–water partition coefficient (Wildman–Crippen LogP) is 2.82. The summed E-state index contributed by atoms with van der Waals surface area (Å²) in [4.78, 5) is -1.54. The van der Waals surface area contributed by atoms with E-state index in [1.807, 2.05) is 0 Å². The van der Waals surface area contributed by atoms with E-state index in [2.05, 4.69) is 5.32 Å². The van der Waals surface area contributed by atoms with Crippen LogP contribution in [0.5, 0.6) is 0 Å². The highest BCUT2D eigenvalue weighted by atomic mass is 35.5. The number of nitrogens with zero attached hydrogens (tertiary/aromatic N) is 1. The van der Waals surface area contributed by atoms with Crippen LogP contribution in [0.4, 0.5) is 17.6 Å². The summed E-state index contributed by atoms with van der Waals surface area (Å²) in [7, 11) is -4.63. The molecule has 1 aromatic carbocycles. The zero-order chi connectivity index (χ0) is 17.5. The molecular weight excluding hydrogens is 384 g/mol. The van der Waals surface area contributed by atoms with Gasteiger partial charge >= 0.3 is 0 Å². The largest absolute Gasteiger partial charge is 0.314 e. The number of sulfonamides is 1. The van der Waals surface area contributed by atoms with Crippen molar-refractivity contribution in [1.29, 1.82) is 0 Å². The molecule has 2 heterocycles. The van der Waals surface area contributed by atoms with Crippen LogP contribution < -0.4 is 5.32 Å². The fraction of sp³-hybridized carbons (Fsp3) is 0.600. The molecule has 0 saturated carbocycles. The molecule has 1 atom stereocenters. The first-order chi connectivity index (χ1) is 11.3. The Kier molecular flexibility index (Phi) is 6.35. The van der Waals surface area contributed by atoms with Gasteiger partial charge in [0.05, 0.1) is 0 Å². The van der Waals surface area contributed by atoms with E-state index < -0.39 is 38.2 Å². The van der Waals surface area contributed by atoms with Crippen LogP contribution in [0.2, 0.25) is 0 Å². The molecule has 2 saturated heterocycles. The zero-order valence-corrected chi connectivity index (χ0v) is 14.9. The molecule has 1 N–H and O–H groups in total. The van der Waals surface area contributed by atoms with Crippen LogP contribution in [0.3, 0.4) is 0 Å². The molecule has 0 bridgehead atoms. The number of hydrogen-bond donors (Lipinski definition) is 1. The lowest BCUT2D eigenvalue weighted by atomic mass is 9.89. The molecule has 142 valence electrons. The highest BCUT2D eigenvalue weighted by molar-refractivity contribution is 7.89. The molecule has 0 aliphatic carbocycles. The molecule has 3 rings (SSSR count). The Balaban J connectivity index is 0.00000225. The van der Waals surface area contributed by atoms with Crippen molar-refractivity contribution in [2.45, 2.75) is 36.6 Å². The highest BCUT2D eigenvalue weighted by Crippen LogP contribution is 2.31. The van der Waals surface area contributed by atoms with Gasteiger partial charge in [0, 0.05) is 25.2 Å². The van der Waals surface area contributed by atoms with E-state index >= 15 is 0 Å². The van der Waals surface area contributed by atoms with Gasteiger partial charge in [-0.05, 0) is 38.1 Å². The first-order valence-corrected chi connectivity index (χ1v) is 9.33. The van der Waals surface area contributed by atoms with E-state index in [1.54, 1.807) is 0 Å². The van der Waals surface area contributed by atoms with Gasteiger partial charge in [-0.1, -0.05) is 0 Å². The predicted molar refractivity (Wildman–Crippen MR) is 86.0 cm³/mol. The smallest absolute Gasteiger partial charge is 0.249 e. The van der Waals surface area contributed by atoms with Gasteiger partial charge in [0.15, 0.2) is 28.2 Å². The monoisotopic (exact) mass is 402 g/mol. The van der Waals surface area contributed by atoms with E-state index in [1.165, 1.54) is 0 Å². The van der Waals surface area contributed by atoms with Gasteiger partial charge in [0.25, 0.3) is 0 Å². The van der Waals surface area contributed by atoms with Crippen LogP contribution in [0.25, 0.3) is 0 Å². The second-order valence-electron chi connectivity index (χ2n) is 6.24. The molecule has 0 spiro atoms. The highest BCUT2D eigenvalue weighted by Gasteiger charge is 2.38. The number of hydrogen-bond acceptors (Lipinski definition) is 3. The summed E-state index contributed by atoms with van der Waals surface area (Å²) in [6.45, 7) is 1.08. The molecule has 0 amide bonds. The number of benzene rings is 1. The standard InChI is InChI=1S/C15H18F4N2O2S.ClH/c16-10-8-11(17)14(19)15(13(10)18)24(22,23)21-6-3-9(4-7-21)12-2-1-5-20-12;/h8-9,12,20H,1-7H2;1H. The maximum atomic E-state index is 13.8. The first kappa shape index (κ1) is 20.4. The Morgan fingerprint density at radius 2 is 1.56 bits per heavy atom. The molecule has 10 heteroatoms. The van der Waals surface area contributed by atoms with Crippen LogP contribution in [0.1, 0.15) is 25.7 Å². The van der Waals surface area contributed by atoms with Gasteiger partial charge in [-0.15, -0.1) is 12.4 Å². The van der Waals surface area contributed by atoms with Crippen molar-refractivity contribution in [3.8, 4) is 0 Å². The molecule has 4 nitrogen and oxygen atoms in total. The average Bonchev–Trinajstić information content (AvgIpc) is 3.07. The van der Waals surface area contributed by atoms with Crippen molar-refractivity contribution in [2.24, 2.45) is 5.92 Å². The Morgan fingerprint density at radius 1 is 1.00 bits per heavy atom. The maximum absolute atomic E-state index is 13.8. The lowest BCUT2D eigenvalue weighted by molar-refractivity contribution is 0.232. The summed E-state index contributed by atoms with van der Waals surface area (Å²) in [5.41, 5.74) is 0. The molecule has 0 aromatic heterocycles. The van der Waals surface area contributed by atoms with Crippen LogP contribution >= 0.6 is 12.4 Å². The summed E-state index contributed by atoms with van der Waals surface area (Å²) in [5.74, 6) is -6.92. The first-order valence-electron chi connectivity index (χ1n) is 7.89. The summed E-state index contributed by atoms with van der Waals surface area (Å²) >= 11 is 0. The van der Waals surface area contributed by atoms with Gasteiger partial charge in [-0.3, -0.25) is 0 Å². The van der Waals surface area contributed by atoms with Gasteiger partial charge < -0.3 is 5.32 Å². The third-order valence-electron chi connectivity index (χ3n) is 4.84. The van der Waals surface area contributed by atoms with Crippen molar-refractivity contribution in [3.63, 3.8) is 0 Å². The maximum Gasteiger partial charge on any atom is 0.249 e. The van der Waals surface area contributed by atoms with Crippen LogP contribution in [0, 0.1) is 29.2 Å². The normalized spacial score (nSPS) is 22.8. The van der Waals surface area contributed by atoms with E-state index in [0.717, 1.165) is 23.7 Å². The Hall–Kier alpha value is -0.900. The van der Waals surface area contributed by atoms with Crippen molar-refractivity contribution in [1.82, 2.24) is 9.62 Å². The summed E-state index contributed by atoms with van der Waals surface area (Å²) < 4.78 is 80.1. The summed E-state index contributed by atoms with van der Waals surface area (Å²) in [6, 6.07) is 0.330. The van der Waals surface area contributed by atoms with Crippen molar-refractivity contribution in [2.75, 3.05) is 19.6 Å². The Bertz CT molecular complexity index is 707. The average molecular weight is 403 g/mol. The van der Waals surface area contributed by atoms with Gasteiger partial charge in [-0.25, -0.2) is 26.0 Å². The minimum absolute atomic E-state index is 0. The minimum Gasteiger partial charge on any atom is -0.314 e. The molecule has 0 radical (unpaired) electrons. The van der Waals surface area contributed by atoms with Crippen LogP contribution in [-0.2, 0) is 10.0 Å². The second-order valence-corrected chi connectivity index (χ2v) is 8.12. The van der Waals surface area contributed by atoms with E-state index in [0.29, 0.717) is 18.9 Å². The third-order valence-corrected chi connectivity index (χ3v) is 6.75. The molecule has 2 fully saturated rings. The summed E-state index contributed by atoms with van der Waals surface area (Å²) in [5, 5.41) is 3.36. The fourth-order valence-corrected chi connectivity index (χ4v) is 5.14. The molecule has 25 heavy (non-hydrogen) atoms. The fourth-order valence-electron chi connectivity index (χ4n) is 3.54. The summed E-state index contributed by atoms with van der Waals surface area (Å²) in [6.07, 6.45) is 3.17. The quantitative estimate of drug-likeness (QED) is 0.625. The number of halogens is 5. The lowest BCUT2D eigenvalue weighted by Crippen LogP contribution is -2.43. The second kappa shape index (κ2) is 7.77. The van der Waals surface area contributed by atoms with E-state index in [4.69, 9.17) is 0 Å². The van der Waals surface area contributed by atoms with Crippen LogP contribution in [-0.4, -0.2) is 38.4 Å². The van der Waals surface area contributed by atoms with Gasteiger partial charge in [-0.2, -0.15) is 4.31 Å².